The maximum absolute atomic E-state index is 6.11. The third kappa shape index (κ3) is 3.03. The number of benzene rings is 1. The molecule has 2 nitrogen and oxygen atoms in total. The number of rotatable bonds is 5. The summed E-state index contributed by atoms with van der Waals surface area (Å²) >= 11 is 12.1. The minimum absolute atomic E-state index is 0.358. The lowest BCUT2D eigenvalue weighted by Gasteiger charge is -2.19. The Kier molecular flexibility index (Phi) is 5.39. The SMILES string of the molecule is CCC(CNC)c1cc(Cl)cc(Cl)c1OC. The zero-order chi connectivity index (χ0) is 12.1. The van der Waals surface area contributed by atoms with Crippen LogP contribution in [0.25, 0.3) is 0 Å². The lowest BCUT2D eigenvalue weighted by Crippen LogP contribution is -2.17. The summed E-state index contributed by atoms with van der Waals surface area (Å²) in [7, 11) is 3.56. The molecule has 0 spiro atoms. The average molecular weight is 262 g/mol. The molecule has 0 aliphatic heterocycles. The van der Waals surface area contributed by atoms with Gasteiger partial charge in [-0.25, -0.2) is 0 Å². The number of hydrogen-bond donors (Lipinski definition) is 1. The van der Waals surface area contributed by atoms with E-state index in [2.05, 4.69) is 12.2 Å². The van der Waals surface area contributed by atoms with Gasteiger partial charge in [-0.15, -0.1) is 0 Å². The number of methoxy groups -OCH3 is 1. The summed E-state index contributed by atoms with van der Waals surface area (Å²) in [6, 6.07) is 3.63. The van der Waals surface area contributed by atoms with Gasteiger partial charge < -0.3 is 10.1 Å². The Morgan fingerprint density at radius 1 is 1.38 bits per heavy atom. The summed E-state index contributed by atoms with van der Waals surface area (Å²) in [6.07, 6.45) is 1.01. The van der Waals surface area contributed by atoms with Gasteiger partial charge in [0.15, 0.2) is 0 Å². The summed E-state index contributed by atoms with van der Waals surface area (Å²) in [5.41, 5.74) is 1.07. The first-order chi connectivity index (χ1) is 7.63. The van der Waals surface area contributed by atoms with Crippen LogP contribution < -0.4 is 10.1 Å². The Morgan fingerprint density at radius 3 is 2.56 bits per heavy atom. The summed E-state index contributed by atoms with van der Waals surface area (Å²) in [5, 5.41) is 4.38. The van der Waals surface area contributed by atoms with E-state index in [1.165, 1.54) is 0 Å². The molecule has 0 radical (unpaired) electrons. The minimum atomic E-state index is 0.358. The first-order valence-corrected chi connectivity index (χ1v) is 6.07. The number of ether oxygens (including phenoxy) is 1. The summed E-state index contributed by atoms with van der Waals surface area (Å²) in [5.74, 6) is 1.09. The Bertz CT molecular complexity index is 355. The molecule has 0 aliphatic carbocycles. The molecule has 1 atom stereocenters. The largest absolute Gasteiger partial charge is 0.495 e. The van der Waals surface area contributed by atoms with Gasteiger partial charge in [-0.2, -0.15) is 0 Å². The Balaban J connectivity index is 3.17. The van der Waals surface area contributed by atoms with Crippen LogP contribution in [0.5, 0.6) is 5.75 Å². The van der Waals surface area contributed by atoms with Crippen molar-refractivity contribution >= 4 is 23.2 Å². The number of nitrogens with one attached hydrogen (secondary N) is 1. The molecule has 1 aromatic rings. The van der Waals surface area contributed by atoms with Crippen molar-refractivity contribution in [3.05, 3.63) is 27.7 Å². The Morgan fingerprint density at radius 2 is 2.06 bits per heavy atom. The normalized spacial score (nSPS) is 12.6. The molecule has 0 heterocycles. The van der Waals surface area contributed by atoms with Gasteiger partial charge in [0, 0.05) is 17.1 Å². The topological polar surface area (TPSA) is 21.3 Å². The molecule has 0 fully saturated rings. The first kappa shape index (κ1) is 13.6. The van der Waals surface area contributed by atoms with Gasteiger partial charge >= 0.3 is 0 Å². The van der Waals surface area contributed by atoms with Crippen molar-refractivity contribution in [1.29, 1.82) is 0 Å². The zero-order valence-electron chi connectivity index (χ0n) is 9.81. The fraction of sp³-hybridized carbons (Fsp3) is 0.500. The fourth-order valence-corrected chi connectivity index (χ4v) is 2.41. The van der Waals surface area contributed by atoms with Crippen LogP contribution in [-0.2, 0) is 0 Å². The molecule has 0 saturated carbocycles. The van der Waals surface area contributed by atoms with E-state index >= 15 is 0 Å². The van der Waals surface area contributed by atoms with E-state index in [1.807, 2.05) is 13.1 Å². The molecular weight excluding hydrogens is 245 g/mol. The van der Waals surface area contributed by atoms with Gasteiger partial charge in [-0.1, -0.05) is 30.1 Å². The molecular formula is C12H17Cl2NO. The van der Waals surface area contributed by atoms with Crippen LogP contribution in [0.4, 0.5) is 0 Å². The molecule has 1 N–H and O–H groups in total. The van der Waals surface area contributed by atoms with E-state index in [0.717, 1.165) is 24.3 Å². The minimum Gasteiger partial charge on any atom is -0.495 e. The maximum Gasteiger partial charge on any atom is 0.141 e. The standard InChI is InChI=1S/C12H17Cl2NO/c1-4-8(7-15-2)10-5-9(13)6-11(14)12(10)16-3/h5-6,8,15H,4,7H2,1-3H3. The highest BCUT2D eigenvalue weighted by Crippen LogP contribution is 2.37. The molecule has 0 bridgehead atoms. The highest BCUT2D eigenvalue weighted by molar-refractivity contribution is 6.35. The number of likely N-dealkylation sites (N-methyl/N-ethyl adjacent to an activating group) is 1. The maximum atomic E-state index is 6.11. The van der Waals surface area contributed by atoms with E-state index in [1.54, 1.807) is 13.2 Å². The van der Waals surface area contributed by atoms with E-state index in [4.69, 9.17) is 27.9 Å². The summed E-state index contributed by atoms with van der Waals surface area (Å²) in [6.45, 7) is 3.01. The van der Waals surface area contributed by atoms with E-state index in [0.29, 0.717) is 16.0 Å². The van der Waals surface area contributed by atoms with Crippen molar-refractivity contribution in [2.45, 2.75) is 19.3 Å². The second-order valence-corrected chi connectivity index (χ2v) is 4.52. The molecule has 4 heteroatoms. The predicted octanol–water partition coefficient (Wildman–Crippen LogP) is 3.72. The second-order valence-electron chi connectivity index (χ2n) is 3.67. The van der Waals surface area contributed by atoms with Crippen molar-refractivity contribution in [1.82, 2.24) is 5.32 Å². The van der Waals surface area contributed by atoms with Crippen LogP contribution in [0.15, 0.2) is 12.1 Å². The van der Waals surface area contributed by atoms with E-state index < -0.39 is 0 Å². The van der Waals surface area contributed by atoms with Gasteiger partial charge in [-0.05, 0) is 31.5 Å². The second kappa shape index (κ2) is 6.33. The van der Waals surface area contributed by atoms with Crippen molar-refractivity contribution < 1.29 is 4.74 Å². The van der Waals surface area contributed by atoms with Crippen LogP contribution >= 0.6 is 23.2 Å². The van der Waals surface area contributed by atoms with E-state index in [9.17, 15) is 0 Å². The molecule has 0 amide bonds. The molecule has 90 valence electrons. The third-order valence-electron chi connectivity index (χ3n) is 2.62. The molecule has 1 rings (SSSR count). The van der Waals surface area contributed by atoms with Crippen molar-refractivity contribution in [2.75, 3.05) is 20.7 Å². The van der Waals surface area contributed by atoms with Gasteiger partial charge in [0.1, 0.15) is 5.75 Å². The van der Waals surface area contributed by atoms with Crippen molar-refractivity contribution in [3.8, 4) is 5.75 Å². The molecule has 16 heavy (non-hydrogen) atoms. The fourth-order valence-electron chi connectivity index (χ4n) is 1.82. The van der Waals surface area contributed by atoms with Crippen molar-refractivity contribution in [2.24, 2.45) is 0 Å². The molecule has 1 unspecified atom stereocenters. The van der Waals surface area contributed by atoms with Crippen LogP contribution in [0.3, 0.4) is 0 Å². The highest BCUT2D eigenvalue weighted by Gasteiger charge is 2.17. The smallest absolute Gasteiger partial charge is 0.141 e. The average Bonchev–Trinajstić information content (AvgIpc) is 2.25. The van der Waals surface area contributed by atoms with Crippen LogP contribution in [-0.4, -0.2) is 20.7 Å². The number of halogens is 2. The van der Waals surface area contributed by atoms with Gasteiger partial charge in [0.2, 0.25) is 0 Å². The first-order valence-electron chi connectivity index (χ1n) is 5.31. The third-order valence-corrected chi connectivity index (χ3v) is 3.12. The molecule has 1 aromatic carbocycles. The quantitative estimate of drug-likeness (QED) is 0.873. The molecule has 0 aromatic heterocycles. The Hall–Kier alpha value is -0.440. The van der Waals surface area contributed by atoms with Crippen molar-refractivity contribution in [3.63, 3.8) is 0 Å². The molecule has 0 saturated heterocycles. The van der Waals surface area contributed by atoms with Crippen LogP contribution in [0, 0.1) is 0 Å². The zero-order valence-corrected chi connectivity index (χ0v) is 11.3. The predicted molar refractivity (Wildman–Crippen MR) is 70.0 cm³/mol. The lowest BCUT2D eigenvalue weighted by atomic mass is 9.95. The summed E-state index contributed by atoms with van der Waals surface area (Å²) < 4.78 is 5.34. The van der Waals surface area contributed by atoms with Crippen LogP contribution in [0.1, 0.15) is 24.8 Å². The van der Waals surface area contributed by atoms with E-state index in [-0.39, 0.29) is 0 Å². The number of hydrogen-bond acceptors (Lipinski definition) is 2. The molecule has 0 aliphatic rings. The van der Waals surface area contributed by atoms with Gasteiger partial charge in [0.25, 0.3) is 0 Å². The van der Waals surface area contributed by atoms with Gasteiger partial charge in [0.05, 0.1) is 12.1 Å². The highest BCUT2D eigenvalue weighted by atomic mass is 35.5. The summed E-state index contributed by atoms with van der Waals surface area (Å²) in [4.78, 5) is 0. The monoisotopic (exact) mass is 261 g/mol. The lowest BCUT2D eigenvalue weighted by molar-refractivity contribution is 0.403. The Labute approximate surface area is 107 Å². The van der Waals surface area contributed by atoms with Gasteiger partial charge in [-0.3, -0.25) is 0 Å². The van der Waals surface area contributed by atoms with Crippen LogP contribution in [0.2, 0.25) is 10.0 Å².